The van der Waals surface area contributed by atoms with Crippen molar-refractivity contribution in [3.63, 3.8) is 0 Å². The molecule has 0 bridgehead atoms. The maximum atomic E-state index is 13.2. The maximum Gasteiger partial charge on any atom is 0.134 e. The molecule has 4 heteroatoms. The van der Waals surface area contributed by atoms with E-state index in [1.54, 1.807) is 12.1 Å². The second-order valence-corrected chi connectivity index (χ2v) is 4.54. The minimum atomic E-state index is -0.377. The van der Waals surface area contributed by atoms with Crippen LogP contribution in [0.1, 0.15) is 12.7 Å². The third-order valence-corrected chi connectivity index (χ3v) is 2.55. The van der Waals surface area contributed by atoms with E-state index in [-0.39, 0.29) is 11.9 Å². The fourth-order valence-corrected chi connectivity index (χ4v) is 1.88. The summed E-state index contributed by atoms with van der Waals surface area (Å²) in [5.74, 6) is 1.01. The molecule has 0 saturated carbocycles. The van der Waals surface area contributed by atoms with Gasteiger partial charge in [0.1, 0.15) is 17.3 Å². The van der Waals surface area contributed by atoms with Crippen LogP contribution in [0, 0.1) is 5.82 Å². The Bertz CT molecular complexity index is 502. The summed E-state index contributed by atoms with van der Waals surface area (Å²) < 4.78 is 18.8. The van der Waals surface area contributed by atoms with E-state index in [0.717, 1.165) is 5.76 Å². The van der Waals surface area contributed by atoms with E-state index < -0.39 is 0 Å². The Morgan fingerprint density at radius 1 is 1.35 bits per heavy atom. The topological polar surface area (TPSA) is 39.2 Å². The number of rotatable bonds is 3. The highest BCUT2D eigenvalue weighted by molar-refractivity contribution is 6.30. The van der Waals surface area contributed by atoms with Crippen LogP contribution in [0.4, 0.5) is 4.39 Å². The molecule has 0 saturated heterocycles. The predicted molar refractivity (Wildman–Crippen MR) is 66.5 cm³/mol. The molecule has 1 heterocycles. The molecule has 90 valence electrons. The lowest BCUT2D eigenvalue weighted by molar-refractivity contribution is 0.503. The summed E-state index contributed by atoms with van der Waals surface area (Å²) in [5.41, 5.74) is 6.31. The van der Waals surface area contributed by atoms with Gasteiger partial charge in [0.25, 0.3) is 0 Å². The fourth-order valence-electron chi connectivity index (χ4n) is 1.66. The molecule has 0 fully saturated rings. The molecule has 2 rings (SSSR count). The fraction of sp³-hybridized carbons (Fsp3) is 0.231. The lowest BCUT2D eigenvalue weighted by Crippen LogP contribution is -2.17. The molecule has 2 N–H and O–H groups in total. The van der Waals surface area contributed by atoms with Gasteiger partial charge >= 0.3 is 0 Å². The van der Waals surface area contributed by atoms with Crippen LogP contribution in [0.15, 0.2) is 34.7 Å². The molecule has 0 spiro atoms. The van der Waals surface area contributed by atoms with Crippen LogP contribution in [0.2, 0.25) is 5.02 Å². The summed E-state index contributed by atoms with van der Waals surface area (Å²) in [4.78, 5) is 0. The van der Waals surface area contributed by atoms with Gasteiger partial charge in [-0.25, -0.2) is 4.39 Å². The van der Waals surface area contributed by atoms with Crippen LogP contribution in [0.3, 0.4) is 0 Å². The Morgan fingerprint density at radius 3 is 2.76 bits per heavy atom. The molecular formula is C13H13ClFNO. The highest BCUT2D eigenvalue weighted by Crippen LogP contribution is 2.26. The van der Waals surface area contributed by atoms with Gasteiger partial charge in [-0.3, -0.25) is 0 Å². The average Bonchev–Trinajstić information content (AvgIpc) is 2.63. The third-order valence-electron chi connectivity index (χ3n) is 2.33. The molecule has 0 aliphatic rings. The van der Waals surface area contributed by atoms with Crippen molar-refractivity contribution in [3.8, 4) is 11.3 Å². The Morgan fingerprint density at radius 2 is 2.12 bits per heavy atom. The van der Waals surface area contributed by atoms with Gasteiger partial charge in [0.2, 0.25) is 0 Å². The Hall–Kier alpha value is -1.32. The number of hydrogen-bond donors (Lipinski definition) is 1. The predicted octanol–water partition coefficient (Wildman–Crippen LogP) is 3.63. The molecule has 1 atom stereocenters. The van der Waals surface area contributed by atoms with Gasteiger partial charge in [-0.15, -0.1) is 0 Å². The highest BCUT2D eigenvalue weighted by atomic mass is 35.5. The van der Waals surface area contributed by atoms with Crippen molar-refractivity contribution in [3.05, 3.63) is 46.9 Å². The normalized spacial score (nSPS) is 12.7. The first-order chi connectivity index (χ1) is 8.04. The molecule has 0 amide bonds. The van der Waals surface area contributed by atoms with Crippen molar-refractivity contribution in [2.45, 2.75) is 19.4 Å². The van der Waals surface area contributed by atoms with E-state index in [2.05, 4.69) is 0 Å². The number of halogens is 2. The quantitative estimate of drug-likeness (QED) is 0.907. The first-order valence-electron chi connectivity index (χ1n) is 5.35. The van der Waals surface area contributed by atoms with E-state index >= 15 is 0 Å². The lowest BCUT2D eigenvalue weighted by atomic mass is 10.2. The van der Waals surface area contributed by atoms with Gasteiger partial charge in [0, 0.05) is 23.0 Å². The zero-order valence-corrected chi connectivity index (χ0v) is 10.2. The van der Waals surface area contributed by atoms with Crippen molar-refractivity contribution >= 4 is 11.6 Å². The van der Waals surface area contributed by atoms with E-state index in [4.69, 9.17) is 21.8 Å². The van der Waals surface area contributed by atoms with Crippen molar-refractivity contribution in [2.75, 3.05) is 0 Å². The van der Waals surface area contributed by atoms with Crippen molar-refractivity contribution in [1.82, 2.24) is 0 Å². The summed E-state index contributed by atoms with van der Waals surface area (Å²) in [6, 6.07) is 7.99. The molecule has 2 nitrogen and oxygen atoms in total. The lowest BCUT2D eigenvalue weighted by Gasteiger charge is -2.01. The first-order valence-corrected chi connectivity index (χ1v) is 5.73. The number of furan rings is 1. The second kappa shape index (κ2) is 4.90. The number of benzene rings is 1. The molecule has 17 heavy (non-hydrogen) atoms. The van der Waals surface area contributed by atoms with Gasteiger partial charge in [-0.1, -0.05) is 11.6 Å². The van der Waals surface area contributed by atoms with Crippen molar-refractivity contribution in [1.29, 1.82) is 0 Å². The van der Waals surface area contributed by atoms with Crippen LogP contribution in [-0.4, -0.2) is 6.04 Å². The van der Waals surface area contributed by atoms with Crippen LogP contribution in [0.5, 0.6) is 0 Å². The van der Waals surface area contributed by atoms with Gasteiger partial charge in [0.15, 0.2) is 0 Å². The Kier molecular flexibility index (Phi) is 3.50. The molecule has 0 aliphatic heterocycles. The molecule has 0 aliphatic carbocycles. The zero-order valence-electron chi connectivity index (χ0n) is 9.41. The molecule has 1 aromatic heterocycles. The molecule has 0 radical (unpaired) electrons. The third kappa shape index (κ3) is 3.08. The van der Waals surface area contributed by atoms with Crippen LogP contribution in [0.25, 0.3) is 11.3 Å². The standard InChI is InChI=1S/C13H13ClFNO/c1-8(16)4-12-2-3-13(17-12)9-5-10(14)7-11(15)6-9/h2-3,5-8H,4,16H2,1H3. The summed E-state index contributed by atoms with van der Waals surface area (Å²) in [5, 5.41) is 0.352. The summed E-state index contributed by atoms with van der Waals surface area (Å²) in [7, 11) is 0. The SMILES string of the molecule is CC(N)Cc1ccc(-c2cc(F)cc(Cl)c2)o1. The summed E-state index contributed by atoms with van der Waals surface area (Å²) in [6.45, 7) is 1.90. The van der Waals surface area contributed by atoms with Gasteiger partial charge in [0.05, 0.1) is 0 Å². The summed E-state index contributed by atoms with van der Waals surface area (Å²) in [6.07, 6.45) is 0.656. The molecule has 2 aromatic rings. The largest absolute Gasteiger partial charge is 0.461 e. The average molecular weight is 254 g/mol. The van der Waals surface area contributed by atoms with Crippen LogP contribution < -0.4 is 5.73 Å². The van der Waals surface area contributed by atoms with Gasteiger partial charge < -0.3 is 10.2 Å². The van der Waals surface area contributed by atoms with E-state index in [9.17, 15) is 4.39 Å². The minimum Gasteiger partial charge on any atom is -0.461 e. The Labute approximate surface area is 104 Å². The molecule has 1 unspecified atom stereocenters. The van der Waals surface area contributed by atoms with Crippen LogP contribution in [-0.2, 0) is 6.42 Å². The number of nitrogens with two attached hydrogens (primary N) is 1. The number of hydrogen-bond acceptors (Lipinski definition) is 2. The second-order valence-electron chi connectivity index (χ2n) is 4.11. The Balaban J connectivity index is 2.30. The van der Waals surface area contributed by atoms with Crippen molar-refractivity contribution < 1.29 is 8.81 Å². The minimum absolute atomic E-state index is 0.0325. The van der Waals surface area contributed by atoms with Gasteiger partial charge in [-0.2, -0.15) is 0 Å². The molecule has 1 aromatic carbocycles. The molecular weight excluding hydrogens is 241 g/mol. The maximum absolute atomic E-state index is 13.2. The van der Waals surface area contributed by atoms with E-state index in [1.807, 2.05) is 13.0 Å². The van der Waals surface area contributed by atoms with Gasteiger partial charge in [-0.05, 0) is 37.3 Å². The zero-order chi connectivity index (χ0) is 12.4. The van der Waals surface area contributed by atoms with E-state index in [0.29, 0.717) is 22.8 Å². The highest BCUT2D eigenvalue weighted by Gasteiger charge is 2.08. The van der Waals surface area contributed by atoms with Crippen LogP contribution >= 0.6 is 11.6 Å². The van der Waals surface area contributed by atoms with Crippen molar-refractivity contribution in [2.24, 2.45) is 5.73 Å². The monoisotopic (exact) mass is 253 g/mol. The smallest absolute Gasteiger partial charge is 0.134 e. The summed E-state index contributed by atoms with van der Waals surface area (Å²) >= 11 is 5.79. The first kappa shape index (κ1) is 12.1. The van der Waals surface area contributed by atoms with E-state index in [1.165, 1.54) is 12.1 Å².